The second-order valence-corrected chi connectivity index (χ2v) is 6.85. The SMILES string of the molecule is CN(C)c1cc(N)c2c(c1)C(=O)OC2(c1ccccc1)c1ccn(C)c1. The first-order valence-electron chi connectivity index (χ1n) is 8.46. The molecule has 0 radical (unpaired) electrons. The minimum absolute atomic E-state index is 0.358. The quantitative estimate of drug-likeness (QED) is 0.584. The second-order valence-electron chi connectivity index (χ2n) is 6.85. The van der Waals surface area contributed by atoms with E-state index < -0.39 is 5.60 Å². The Morgan fingerprint density at radius 1 is 1.08 bits per heavy atom. The van der Waals surface area contributed by atoms with Gasteiger partial charge in [-0.05, 0) is 18.2 Å². The Hall–Kier alpha value is -3.21. The number of benzene rings is 2. The molecule has 132 valence electrons. The number of nitrogens with two attached hydrogens (primary N) is 1. The van der Waals surface area contributed by atoms with Gasteiger partial charge in [-0.3, -0.25) is 0 Å². The van der Waals surface area contributed by atoms with Gasteiger partial charge in [-0.2, -0.15) is 0 Å². The summed E-state index contributed by atoms with van der Waals surface area (Å²) in [4.78, 5) is 14.8. The zero-order chi connectivity index (χ0) is 18.5. The van der Waals surface area contributed by atoms with Gasteiger partial charge in [0, 0.05) is 61.6 Å². The predicted octanol–water partition coefficient (Wildman–Crippen LogP) is 3.14. The number of cyclic esters (lactones) is 1. The van der Waals surface area contributed by atoms with E-state index in [1.54, 1.807) is 0 Å². The number of fused-ring (bicyclic) bond motifs is 1. The number of ether oxygens (including phenoxy) is 1. The van der Waals surface area contributed by atoms with Gasteiger partial charge in [-0.25, -0.2) is 4.79 Å². The van der Waals surface area contributed by atoms with Crippen molar-refractivity contribution in [2.75, 3.05) is 24.7 Å². The largest absolute Gasteiger partial charge is 0.440 e. The Morgan fingerprint density at radius 2 is 1.81 bits per heavy atom. The summed E-state index contributed by atoms with van der Waals surface area (Å²) >= 11 is 0. The van der Waals surface area contributed by atoms with E-state index in [9.17, 15) is 4.79 Å². The standard InChI is InChI=1S/C21H21N3O2/c1-23(2)16-11-17-19(18(22)12-16)21(26-20(17)25,14-7-5-4-6-8-14)15-9-10-24(3)13-15/h4-13H,22H2,1-3H3. The van der Waals surface area contributed by atoms with Crippen molar-refractivity contribution in [3.63, 3.8) is 0 Å². The number of aryl methyl sites for hydroxylation is 1. The lowest BCUT2D eigenvalue weighted by atomic mass is 9.80. The fourth-order valence-electron chi connectivity index (χ4n) is 3.66. The molecule has 0 bridgehead atoms. The average molecular weight is 347 g/mol. The van der Waals surface area contributed by atoms with Gasteiger partial charge in [0.2, 0.25) is 0 Å². The second kappa shape index (κ2) is 5.66. The summed E-state index contributed by atoms with van der Waals surface area (Å²) in [5.41, 5.74) is 9.83. The Bertz CT molecular complexity index is 992. The number of anilines is 2. The van der Waals surface area contributed by atoms with E-state index in [2.05, 4.69) is 0 Å². The van der Waals surface area contributed by atoms with Crippen LogP contribution in [0, 0.1) is 0 Å². The third-order valence-corrected chi connectivity index (χ3v) is 4.91. The molecule has 0 amide bonds. The molecule has 2 N–H and O–H groups in total. The number of carbonyl (C=O) groups is 1. The number of nitrogens with zero attached hydrogens (tertiary/aromatic N) is 2. The van der Waals surface area contributed by atoms with E-state index in [4.69, 9.17) is 10.5 Å². The first-order chi connectivity index (χ1) is 12.4. The number of rotatable bonds is 3. The van der Waals surface area contributed by atoms with E-state index >= 15 is 0 Å². The monoisotopic (exact) mass is 347 g/mol. The lowest BCUT2D eigenvalue weighted by molar-refractivity contribution is 0.0253. The van der Waals surface area contributed by atoms with Crippen LogP contribution in [0.3, 0.4) is 0 Å². The average Bonchev–Trinajstić information content (AvgIpc) is 3.18. The van der Waals surface area contributed by atoms with Crippen molar-refractivity contribution in [2.45, 2.75) is 5.60 Å². The lowest BCUT2D eigenvalue weighted by Gasteiger charge is -2.30. The first-order valence-corrected chi connectivity index (χ1v) is 8.46. The van der Waals surface area contributed by atoms with E-state index in [1.807, 2.05) is 91.5 Å². The number of hydrogen-bond donors (Lipinski definition) is 1. The fourth-order valence-corrected chi connectivity index (χ4v) is 3.66. The maximum Gasteiger partial charge on any atom is 0.340 e. The van der Waals surface area contributed by atoms with Crippen molar-refractivity contribution in [3.05, 3.63) is 83.2 Å². The van der Waals surface area contributed by atoms with Gasteiger partial charge in [0.25, 0.3) is 0 Å². The molecule has 2 heterocycles. The molecule has 4 rings (SSSR count). The van der Waals surface area contributed by atoms with Crippen molar-refractivity contribution in [1.82, 2.24) is 4.57 Å². The molecule has 1 aliphatic rings. The molecule has 0 saturated heterocycles. The molecule has 5 nitrogen and oxygen atoms in total. The van der Waals surface area contributed by atoms with E-state index in [1.165, 1.54) is 0 Å². The normalized spacial score (nSPS) is 18.5. The molecule has 0 fully saturated rings. The highest BCUT2D eigenvalue weighted by molar-refractivity contribution is 5.99. The minimum atomic E-state index is -1.04. The summed E-state index contributed by atoms with van der Waals surface area (Å²) in [6.07, 6.45) is 3.91. The topological polar surface area (TPSA) is 60.5 Å². The summed E-state index contributed by atoms with van der Waals surface area (Å²) in [7, 11) is 5.78. The molecule has 0 aliphatic carbocycles. The fraction of sp³-hybridized carbons (Fsp3) is 0.190. The Morgan fingerprint density at radius 3 is 2.42 bits per heavy atom. The lowest BCUT2D eigenvalue weighted by Crippen LogP contribution is -2.30. The molecule has 26 heavy (non-hydrogen) atoms. The molecule has 1 unspecified atom stereocenters. The van der Waals surface area contributed by atoms with Crippen LogP contribution in [0.5, 0.6) is 0 Å². The van der Waals surface area contributed by atoms with Crippen LogP contribution in [0.4, 0.5) is 11.4 Å². The summed E-state index contributed by atoms with van der Waals surface area (Å²) in [6, 6.07) is 15.5. The summed E-state index contributed by atoms with van der Waals surface area (Å²) < 4.78 is 8.01. The summed E-state index contributed by atoms with van der Waals surface area (Å²) in [6.45, 7) is 0. The molecule has 5 heteroatoms. The third-order valence-electron chi connectivity index (χ3n) is 4.91. The van der Waals surface area contributed by atoms with Gasteiger partial charge in [0.15, 0.2) is 5.60 Å². The number of hydrogen-bond acceptors (Lipinski definition) is 4. The minimum Gasteiger partial charge on any atom is -0.440 e. The van der Waals surface area contributed by atoms with Crippen LogP contribution in [0.1, 0.15) is 27.0 Å². The van der Waals surface area contributed by atoms with Gasteiger partial charge < -0.3 is 19.9 Å². The number of esters is 1. The Kier molecular flexibility index (Phi) is 3.54. The maximum atomic E-state index is 12.9. The van der Waals surface area contributed by atoms with E-state index in [-0.39, 0.29) is 5.97 Å². The predicted molar refractivity (Wildman–Crippen MR) is 102 cm³/mol. The zero-order valence-corrected chi connectivity index (χ0v) is 15.1. The summed E-state index contributed by atoms with van der Waals surface area (Å²) in [5.74, 6) is -0.358. The van der Waals surface area contributed by atoms with Gasteiger partial charge in [0.05, 0.1) is 5.56 Å². The van der Waals surface area contributed by atoms with E-state index in [0.717, 1.165) is 16.8 Å². The van der Waals surface area contributed by atoms with Gasteiger partial charge >= 0.3 is 5.97 Å². The van der Waals surface area contributed by atoms with Crippen LogP contribution in [0.2, 0.25) is 0 Å². The highest BCUT2D eigenvalue weighted by Gasteiger charge is 2.50. The zero-order valence-electron chi connectivity index (χ0n) is 15.1. The molecular weight excluding hydrogens is 326 g/mol. The Balaban J connectivity index is 2.06. The molecule has 2 aromatic carbocycles. The molecule has 1 aromatic heterocycles. The van der Waals surface area contributed by atoms with Crippen molar-refractivity contribution >= 4 is 17.3 Å². The third kappa shape index (κ3) is 2.20. The number of aromatic nitrogens is 1. The molecule has 0 saturated carbocycles. The number of carbonyl (C=O) groups excluding carboxylic acids is 1. The maximum absolute atomic E-state index is 12.9. The van der Waals surface area contributed by atoms with Crippen LogP contribution in [0.25, 0.3) is 0 Å². The van der Waals surface area contributed by atoms with Crippen molar-refractivity contribution in [1.29, 1.82) is 0 Å². The smallest absolute Gasteiger partial charge is 0.340 e. The Labute approximate surface area is 152 Å². The molecular formula is C21H21N3O2. The number of nitrogen functional groups attached to an aromatic ring is 1. The summed E-state index contributed by atoms with van der Waals surface area (Å²) in [5, 5.41) is 0. The highest BCUT2D eigenvalue weighted by Crippen LogP contribution is 2.50. The van der Waals surface area contributed by atoms with Crippen LogP contribution in [-0.4, -0.2) is 24.6 Å². The van der Waals surface area contributed by atoms with Crippen LogP contribution in [-0.2, 0) is 17.4 Å². The van der Waals surface area contributed by atoms with Crippen molar-refractivity contribution in [2.24, 2.45) is 7.05 Å². The van der Waals surface area contributed by atoms with Crippen LogP contribution >= 0.6 is 0 Å². The molecule has 3 aromatic rings. The van der Waals surface area contributed by atoms with Gasteiger partial charge in [-0.1, -0.05) is 30.3 Å². The van der Waals surface area contributed by atoms with Crippen molar-refractivity contribution in [3.8, 4) is 0 Å². The van der Waals surface area contributed by atoms with Gasteiger partial charge in [0.1, 0.15) is 0 Å². The van der Waals surface area contributed by atoms with E-state index in [0.29, 0.717) is 16.8 Å². The van der Waals surface area contributed by atoms with Crippen LogP contribution in [0.15, 0.2) is 60.9 Å². The first kappa shape index (κ1) is 16.3. The molecule has 1 aliphatic heterocycles. The van der Waals surface area contributed by atoms with Gasteiger partial charge in [-0.15, -0.1) is 0 Å². The highest BCUT2D eigenvalue weighted by atomic mass is 16.6. The van der Waals surface area contributed by atoms with Crippen LogP contribution < -0.4 is 10.6 Å². The molecule has 0 spiro atoms. The molecule has 1 atom stereocenters. The van der Waals surface area contributed by atoms with Crippen molar-refractivity contribution < 1.29 is 9.53 Å².